The van der Waals surface area contributed by atoms with Gasteiger partial charge in [-0.2, -0.15) is 0 Å². The van der Waals surface area contributed by atoms with E-state index in [9.17, 15) is 0 Å². The molecule has 0 unspecified atom stereocenters. The van der Waals surface area contributed by atoms with Crippen LogP contribution in [0.1, 0.15) is 27.7 Å². The van der Waals surface area contributed by atoms with E-state index in [1.807, 2.05) is 0 Å². The Morgan fingerprint density at radius 2 is 2.00 bits per heavy atom. The van der Waals surface area contributed by atoms with Crippen LogP contribution < -0.4 is 0 Å². The fraction of sp³-hybridized carbons (Fsp3) is 0.889. The molecule has 0 saturated carbocycles. The Hall–Kier alpha value is 0.599. The number of likely N-dealkylation sites (N-methyl/N-ethyl adjacent to an activating group) is 1. The first kappa shape index (κ1) is 11.7. The molecule has 0 atom stereocenters. The van der Waals surface area contributed by atoms with Gasteiger partial charge in [0.25, 0.3) is 0 Å². The molecule has 13 heavy (non-hydrogen) atoms. The second kappa shape index (κ2) is 4.41. The minimum atomic E-state index is 0.179. The third kappa shape index (κ3) is 2.54. The topological polar surface area (TPSA) is 6.48 Å². The van der Waals surface area contributed by atoms with Crippen LogP contribution >= 0.6 is 10.1 Å². The minimum absolute atomic E-state index is 0.179. The summed E-state index contributed by atoms with van der Waals surface area (Å²) in [7, 11) is 5.87. The molecule has 0 aromatic carbocycles. The summed E-state index contributed by atoms with van der Waals surface area (Å²) in [6.07, 6.45) is 0. The predicted molar refractivity (Wildman–Crippen MR) is 54.6 cm³/mol. The van der Waals surface area contributed by atoms with E-state index >= 15 is 0 Å². The molecule has 1 rings (SSSR count). The Morgan fingerprint density at radius 1 is 1.38 bits per heavy atom. The van der Waals surface area contributed by atoms with Gasteiger partial charge in [-0.25, -0.2) is 0 Å². The number of halogens is 1. The van der Waals surface area contributed by atoms with Crippen molar-refractivity contribution in [2.45, 2.75) is 33.2 Å². The fourth-order valence-electron chi connectivity index (χ4n) is 1.49. The predicted octanol–water partition coefficient (Wildman–Crippen LogP) is 1.75. The fourth-order valence-corrected chi connectivity index (χ4v) is 2.92. The quantitative estimate of drug-likeness (QED) is 0.657. The third-order valence-electron chi connectivity index (χ3n) is 2.27. The second-order valence-corrected chi connectivity index (χ2v) is 5.26. The first-order valence-electron chi connectivity index (χ1n) is 4.59. The molecule has 0 aliphatic carbocycles. The van der Waals surface area contributed by atoms with Crippen LogP contribution in [0, 0.1) is 0 Å². The van der Waals surface area contributed by atoms with E-state index in [4.69, 9.17) is 10.1 Å². The third-order valence-corrected chi connectivity index (χ3v) is 3.41. The molecule has 0 bridgehead atoms. The normalized spacial score (nSPS) is 25.8. The van der Waals surface area contributed by atoms with Crippen LogP contribution in [0.5, 0.6) is 0 Å². The van der Waals surface area contributed by atoms with Gasteiger partial charge in [0.05, 0.1) is 0 Å². The van der Waals surface area contributed by atoms with Gasteiger partial charge in [-0.15, -0.1) is 0 Å². The van der Waals surface area contributed by atoms with Crippen molar-refractivity contribution in [3.8, 4) is 0 Å². The van der Waals surface area contributed by atoms with Crippen LogP contribution in [-0.4, -0.2) is 39.6 Å². The second-order valence-electron chi connectivity index (χ2n) is 4.19. The summed E-state index contributed by atoms with van der Waals surface area (Å²) in [5.41, 5.74) is 0.179. The van der Waals surface area contributed by atoms with Crippen LogP contribution in [0.3, 0.4) is 0 Å². The Bertz CT molecular complexity index is 210. The van der Waals surface area contributed by atoms with E-state index in [1.54, 1.807) is 0 Å². The zero-order valence-corrected chi connectivity index (χ0v) is 10.4. The Labute approximate surface area is 91.1 Å². The van der Waals surface area contributed by atoms with Crippen molar-refractivity contribution in [3.63, 3.8) is 0 Å². The molecule has 0 aromatic heterocycles. The molecule has 0 amide bonds. The zero-order chi connectivity index (χ0) is 10.1. The molecule has 0 radical (unpaired) electrons. The van der Waals surface area contributed by atoms with Crippen LogP contribution in [0.15, 0.2) is 0 Å². The van der Waals surface area contributed by atoms with Gasteiger partial charge in [0, 0.05) is 0 Å². The van der Waals surface area contributed by atoms with E-state index in [0.717, 1.165) is 19.6 Å². The Balaban J connectivity index is 2.81. The van der Waals surface area contributed by atoms with Gasteiger partial charge in [-0.1, -0.05) is 0 Å². The molecule has 1 heterocycles. The van der Waals surface area contributed by atoms with E-state index in [-0.39, 0.29) is 5.54 Å². The summed E-state index contributed by atoms with van der Waals surface area (Å²) in [4.78, 5) is 4.68. The van der Waals surface area contributed by atoms with Gasteiger partial charge in [0.1, 0.15) is 0 Å². The Kier molecular flexibility index (Phi) is 3.96. The maximum absolute atomic E-state index is 5.87. The maximum atomic E-state index is 5.87. The molecular weight excluding hydrogens is 235 g/mol. The molecule has 0 aromatic rings. The first-order valence-corrected chi connectivity index (χ1v) is 6.36. The number of rotatable bonds is 1. The molecule has 0 N–H and O–H groups in total. The van der Waals surface area contributed by atoms with Crippen molar-refractivity contribution in [1.82, 2.24) is 9.80 Å². The van der Waals surface area contributed by atoms with Gasteiger partial charge >= 0.3 is 91.0 Å². The molecule has 1 fully saturated rings. The number of nitrogens with zero attached hydrogens (tertiary/aromatic N) is 2. The van der Waals surface area contributed by atoms with Crippen molar-refractivity contribution in [2.24, 2.45) is 0 Å². The van der Waals surface area contributed by atoms with Crippen LogP contribution in [0.2, 0.25) is 0 Å². The van der Waals surface area contributed by atoms with Crippen LogP contribution in [0.4, 0.5) is 0 Å². The molecule has 2 nitrogen and oxygen atoms in total. The summed E-state index contributed by atoms with van der Waals surface area (Å²) in [6.45, 7) is 12.0. The van der Waals surface area contributed by atoms with E-state index in [2.05, 4.69) is 37.5 Å². The van der Waals surface area contributed by atoms with Gasteiger partial charge in [0.2, 0.25) is 0 Å². The summed E-state index contributed by atoms with van der Waals surface area (Å²) >= 11 is 1.43. The molecule has 1 aliphatic rings. The van der Waals surface area contributed by atoms with Crippen LogP contribution in [0.25, 0.3) is 0 Å². The standard InChI is InChI=1S/C9H18N2.ClH.Cu/c1-5-10-6-7-11(8-10)9(2,3)4;;/h5-7H2,1-4H3;1H;/q;;+1/p-1. The monoisotopic (exact) mass is 252 g/mol. The molecule has 82 valence electrons. The number of hydrogen-bond donors (Lipinski definition) is 0. The van der Waals surface area contributed by atoms with Crippen molar-refractivity contribution >= 4 is 14.8 Å². The van der Waals surface area contributed by atoms with Gasteiger partial charge < -0.3 is 0 Å². The molecule has 0 spiro atoms. The zero-order valence-electron chi connectivity index (χ0n) is 8.70. The molecule has 4 heteroatoms. The number of hydrogen-bond acceptors (Lipinski definition) is 2. The van der Waals surface area contributed by atoms with Crippen molar-refractivity contribution in [1.29, 1.82) is 0 Å². The van der Waals surface area contributed by atoms with Crippen molar-refractivity contribution in [3.05, 3.63) is 0 Å². The average Bonchev–Trinajstić information content (AvgIpc) is 2.45. The molecule has 1 aliphatic heterocycles. The van der Waals surface area contributed by atoms with Crippen molar-refractivity contribution in [2.75, 3.05) is 19.6 Å². The molecule has 1 saturated heterocycles. The summed E-state index contributed by atoms with van der Waals surface area (Å²) in [6, 6.07) is 0. The molecular formula is C9H18ClCuN2. The average molecular weight is 253 g/mol. The van der Waals surface area contributed by atoms with E-state index < -0.39 is 0 Å². The van der Waals surface area contributed by atoms with Gasteiger partial charge in [-0.05, 0) is 0 Å². The Morgan fingerprint density at radius 3 is 2.38 bits per heavy atom. The van der Waals surface area contributed by atoms with E-state index in [0.29, 0.717) is 0 Å². The van der Waals surface area contributed by atoms with E-state index in [1.165, 1.54) is 18.3 Å². The summed E-state index contributed by atoms with van der Waals surface area (Å²) in [5.74, 6) is 0. The van der Waals surface area contributed by atoms with Crippen LogP contribution in [-0.2, 0) is 13.6 Å². The SMILES string of the molecule is CCN1CCN(C(C)(C)C)[C]1=[Cu][Cl]. The first-order chi connectivity index (χ1) is 6.00. The van der Waals surface area contributed by atoms with Crippen molar-refractivity contribution < 1.29 is 13.6 Å². The summed E-state index contributed by atoms with van der Waals surface area (Å²) in [5, 5.41) is 0. The summed E-state index contributed by atoms with van der Waals surface area (Å²) < 4.78 is 1.19. The van der Waals surface area contributed by atoms with Gasteiger partial charge in [0.15, 0.2) is 0 Å². The van der Waals surface area contributed by atoms with Gasteiger partial charge in [-0.3, -0.25) is 0 Å².